The van der Waals surface area contributed by atoms with Gasteiger partial charge in [0.15, 0.2) is 0 Å². The number of amides is 1. The smallest absolute Gasteiger partial charge is 0.270 e. The molecular weight excluding hydrogens is 296 g/mol. The molecule has 5 nitrogen and oxygen atoms in total. The third kappa shape index (κ3) is 2.36. The van der Waals surface area contributed by atoms with Crippen molar-refractivity contribution in [2.45, 2.75) is 18.9 Å². The molecule has 0 radical (unpaired) electrons. The van der Waals surface area contributed by atoms with Crippen molar-refractivity contribution in [3.63, 3.8) is 0 Å². The molecule has 0 spiro atoms. The highest BCUT2D eigenvalue weighted by Crippen LogP contribution is 2.28. The van der Waals surface area contributed by atoms with Crippen LogP contribution in [0, 0.1) is 17.2 Å². The number of carbonyl (C=O) groups is 1. The van der Waals surface area contributed by atoms with Crippen LogP contribution in [0.4, 0.5) is 0 Å². The zero-order valence-corrected chi connectivity index (χ0v) is 12.9. The van der Waals surface area contributed by atoms with E-state index in [1.54, 1.807) is 12.3 Å². The first kappa shape index (κ1) is 13.7. The van der Waals surface area contributed by atoms with Crippen molar-refractivity contribution in [1.29, 1.82) is 5.26 Å². The van der Waals surface area contributed by atoms with Gasteiger partial charge in [0, 0.05) is 28.9 Å². The molecule has 1 N–H and O–H groups in total. The summed E-state index contributed by atoms with van der Waals surface area (Å²) in [6, 6.07) is 5.97. The first-order valence-corrected chi connectivity index (χ1v) is 8.37. The van der Waals surface area contributed by atoms with Gasteiger partial charge in [0.25, 0.3) is 5.91 Å². The number of hydrogen-bond acceptors (Lipinski definition) is 5. The first-order valence-electron chi connectivity index (χ1n) is 7.56. The van der Waals surface area contributed by atoms with E-state index in [0.717, 1.165) is 29.7 Å². The summed E-state index contributed by atoms with van der Waals surface area (Å²) in [7, 11) is 0. The van der Waals surface area contributed by atoms with Gasteiger partial charge in [-0.1, -0.05) is 0 Å². The van der Waals surface area contributed by atoms with Gasteiger partial charge < -0.3 is 10.2 Å². The van der Waals surface area contributed by atoms with E-state index in [1.807, 2.05) is 6.07 Å². The number of fused-ring (bicyclic) bond motifs is 4. The summed E-state index contributed by atoms with van der Waals surface area (Å²) in [5.41, 5.74) is 0.440. The lowest BCUT2D eigenvalue weighted by Crippen LogP contribution is -2.57. The fourth-order valence-electron chi connectivity index (χ4n) is 3.48. The van der Waals surface area contributed by atoms with Crippen LogP contribution in [-0.2, 0) is 0 Å². The molecule has 2 aromatic rings. The molecule has 0 aromatic carbocycles. The quantitative estimate of drug-likeness (QED) is 0.921. The van der Waals surface area contributed by atoms with E-state index < -0.39 is 0 Å². The summed E-state index contributed by atoms with van der Waals surface area (Å²) in [5.74, 6) is 0.497. The average molecular weight is 312 g/mol. The molecule has 3 aliphatic heterocycles. The fraction of sp³-hybridized carbons (Fsp3) is 0.438. The number of thiophene rings is 1. The minimum atomic E-state index is -0.104. The number of nitrogens with one attached hydrogen (secondary N) is 1. The van der Waals surface area contributed by atoms with Crippen LogP contribution in [0.25, 0.3) is 10.1 Å². The fourth-order valence-corrected chi connectivity index (χ4v) is 4.35. The molecule has 5 heterocycles. The number of nitrogens with zero attached hydrogens (tertiary/aromatic N) is 3. The maximum absolute atomic E-state index is 12.5. The van der Waals surface area contributed by atoms with Gasteiger partial charge >= 0.3 is 0 Å². The van der Waals surface area contributed by atoms with E-state index in [9.17, 15) is 4.79 Å². The normalized spacial score (nSPS) is 26.8. The van der Waals surface area contributed by atoms with Crippen LogP contribution in [0.1, 0.15) is 28.2 Å². The Labute approximate surface area is 132 Å². The van der Waals surface area contributed by atoms with Crippen molar-refractivity contribution in [2.24, 2.45) is 5.92 Å². The number of carbonyl (C=O) groups excluding carboxylic acids is 1. The van der Waals surface area contributed by atoms with Gasteiger partial charge in [-0.3, -0.25) is 9.78 Å². The first-order chi connectivity index (χ1) is 10.7. The van der Waals surface area contributed by atoms with Crippen LogP contribution in [0.5, 0.6) is 0 Å². The maximum atomic E-state index is 12.5. The van der Waals surface area contributed by atoms with Gasteiger partial charge in [-0.25, -0.2) is 0 Å². The molecule has 2 aromatic heterocycles. The largest absolute Gasteiger partial charge is 0.346 e. The van der Waals surface area contributed by atoms with E-state index in [0.29, 0.717) is 16.5 Å². The summed E-state index contributed by atoms with van der Waals surface area (Å²) in [4.78, 5) is 19.8. The highest BCUT2D eigenvalue weighted by molar-refractivity contribution is 7.19. The van der Waals surface area contributed by atoms with Crippen LogP contribution in [0.2, 0.25) is 0 Å². The van der Waals surface area contributed by atoms with E-state index in [-0.39, 0.29) is 11.9 Å². The van der Waals surface area contributed by atoms with Gasteiger partial charge in [0.1, 0.15) is 16.6 Å². The molecule has 3 saturated heterocycles. The van der Waals surface area contributed by atoms with Gasteiger partial charge in [-0.15, -0.1) is 11.3 Å². The van der Waals surface area contributed by atoms with Crippen molar-refractivity contribution in [3.05, 3.63) is 28.9 Å². The van der Waals surface area contributed by atoms with Crippen molar-refractivity contribution >= 4 is 27.3 Å². The maximum Gasteiger partial charge on any atom is 0.270 e. The van der Waals surface area contributed by atoms with Crippen LogP contribution in [0.3, 0.4) is 0 Å². The molecule has 5 rings (SSSR count). The summed E-state index contributed by atoms with van der Waals surface area (Å²) >= 11 is 1.40. The molecule has 112 valence electrons. The highest BCUT2D eigenvalue weighted by Gasteiger charge is 2.35. The molecule has 3 fully saturated rings. The summed E-state index contributed by atoms with van der Waals surface area (Å²) < 4.78 is 0.936. The average Bonchev–Trinajstić information content (AvgIpc) is 2.98. The molecule has 1 atom stereocenters. The molecule has 1 amide bonds. The molecule has 22 heavy (non-hydrogen) atoms. The molecule has 1 unspecified atom stereocenters. The van der Waals surface area contributed by atoms with Crippen LogP contribution < -0.4 is 5.32 Å². The highest BCUT2D eigenvalue weighted by atomic mass is 32.1. The predicted octanol–water partition coefficient (Wildman–Crippen LogP) is 1.99. The Kier molecular flexibility index (Phi) is 3.32. The molecular formula is C16H16N4OS. The molecule has 6 heteroatoms. The molecule has 0 aliphatic carbocycles. The molecule has 2 bridgehead atoms. The number of hydrogen-bond donors (Lipinski definition) is 1. The summed E-state index contributed by atoms with van der Waals surface area (Å²) in [6.07, 6.45) is 4.03. The predicted molar refractivity (Wildman–Crippen MR) is 84.8 cm³/mol. The van der Waals surface area contributed by atoms with E-state index in [1.165, 1.54) is 24.2 Å². The zero-order chi connectivity index (χ0) is 15.1. The van der Waals surface area contributed by atoms with Crippen molar-refractivity contribution in [3.8, 4) is 6.07 Å². The second-order valence-corrected chi connectivity index (χ2v) is 7.13. The Balaban J connectivity index is 1.54. The number of nitriles is 1. The molecule has 0 saturated carbocycles. The SMILES string of the molecule is N#Cc1cc2cnc(C(=O)NC3CN4CCC3CC4)cc2s1. The standard InChI is InChI=1S/C16H16N4OS/c17-7-12-5-11-8-18-13(6-15(11)22-12)16(21)19-14-9-20-3-1-10(14)2-4-20/h5-6,8,10,14H,1-4,9H2,(H,19,21). The Morgan fingerprint density at radius 3 is 2.91 bits per heavy atom. The number of pyridine rings is 1. The lowest BCUT2D eigenvalue weighted by Gasteiger charge is -2.44. The molecule has 3 aliphatic rings. The Morgan fingerprint density at radius 1 is 1.41 bits per heavy atom. The second kappa shape index (κ2) is 5.34. The number of aromatic nitrogens is 1. The van der Waals surface area contributed by atoms with Crippen LogP contribution in [0.15, 0.2) is 18.3 Å². The second-order valence-electron chi connectivity index (χ2n) is 6.05. The summed E-state index contributed by atoms with van der Waals surface area (Å²) in [5, 5.41) is 13.0. The van der Waals surface area contributed by atoms with Crippen molar-refractivity contribution < 1.29 is 4.79 Å². The zero-order valence-electron chi connectivity index (χ0n) is 12.1. The van der Waals surface area contributed by atoms with Gasteiger partial charge in [-0.2, -0.15) is 5.26 Å². The number of rotatable bonds is 2. The summed E-state index contributed by atoms with van der Waals surface area (Å²) in [6.45, 7) is 3.27. The van der Waals surface area contributed by atoms with Gasteiger partial charge in [0.05, 0.1) is 0 Å². The van der Waals surface area contributed by atoms with Crippen molar-refractivity contribution in [1.82, 2.24) is 15.2 Å². The minimum absolute atomic E-state index is 0.104. The topological polar surface area (TPSA) is 69.0 Å². The van der Waals surface area contributed by atoms with E-state index >= 15 is 0 Å². The monoisotopic (exact) mass is 312 g/mol. The Hall–Kier alpha value is -1.97. The van der Waals surface area contributed by atoms with Crippen molar-refractivity contribution in [2.75, 3.05) is 19.6 Å². The minimum Gasteiger partial charge on any atom is -0.346 e. The van der Waals surface area contributed by atoms with Crippen LogP contribution >= 0.6 is 11.3 Å². The third-order valence-corrected chi connectivity index (χ3v) is 5.72. The Bertz CT molecular complexity index is 770. The van der Waals surface area contributed by atoms with E-state index in [2.05, 4.69) is 21.3 Å². The van der Waals surface area contributed by atoms with Gasteiger partial charge in [0.2, 0.25) is 0 Å². The van der Waals surface area contributed by atoms with Crippen LogP contribution in [-0.4, -0.2) is 41.5 Å². The third-order valence-electron chi connectivity index (χ3n) is 4.72. The van der Waals surface area contributed by atoms with E-state index in [4.69, 9.17) is 5.26 Å². The lowest BCUT2D eigenvalue weighted by atomic mass is 9.84. The Morgan fingerprint density at radius 2 is 2.23 bits per heavy atom. The lowest BCUT2D eigenvalue weighted by molar-refractivity contribution is 0.0618. The number of piperidine rings is 3. The van der Waals surface area contributed by atoms with Gasteiger partial charge in [-0.05, 0) is 44.0 Å².